The average Bonchev–Trinajstić information content (AvgIpc) is 3.62. The lowest BCUT2D eigenvalue weighted by molar-refractivity contribution is 0.0689. The van der Waals surface area contributed by atoms with Crippen LogP contribution in [0, 0.1) is 0 Å². The fraction of sp³-hybridized carbons (Fsp3) is 0.273. The third-order valence-corrected chi connectivity index (χ3v) is 8.36. The molecule has 180 valence electrons. The largest absolute Gasteiger partial charge is 0.430 e. The molecule has 0 aliphatic carbocycles. The number of rotatable bonds is 4. The highest BCUT2D eigenvalue weighted by Crippen LogP contribution is 2.40. The molecule has 1 N–H and O–H groups in total. The van der Waals surface area contributed by atoms with Crippen molar-refractivity contribution in [2.75, 3.05) is 6.54 Å². The Morgan fingerprint density at radius 3 is 3.03 bits per heavy atom. The first kappa shape index (κ1) is 22.4. The second-order valence-corrected chi connectivity index (χ2v) is 10.9. The summed E-state index contributed by atoms with van der Waals surface area (Å²) in [6, 6.07) is 0. The van der Waals surface area contributed by atoms with Gasteiger partial charge >= 0.3 is 0 Å². The van der Waals surface area contributed by atoms with Crippen LogP contribution in [0.3, 0.4) is 0 Å². The molecule has 13 heteroatoms. The minimum atomic E-state index is -1.52. The Morgan fingerprint density at radius 2 is 2.29 bits per heavy atom. The monoisotopic (exact) mass is 606 g/mol. The molecule has 0 aromatic carbocycles. The van der Waals surface area contributed by atoms with Crippen molar-refractivity contribution in [2.45, 2.75) is 22.9 Å². The summed E-state index contributed by atoms with van der Waals surface area (Å²) < 4.78 is 25.4. The Balaban J connectivity index is 1.42. The van der Waals surface area contributed by atoms with Gasteiger partial charge in [0, 0.05) is 43.5 Å². The summed E-state index contributed by atoms with van der Waals surface area (Å²) in [5.41, 5.74) is 4.34. The molecular weight excluding hydrogens is 586 g/mol. The van der Waals surface area contributed by atoms with Crippen molar-refractivity contribution in [3.8, 4) is 11.5 Å². The average molecular weight is 606 g/mol. The molecule has 0 bridgehead atoms. The highest BCUT2D eigenvalue weighted by atomic mass is 127. The summed E-state index contributed by atoms with van der Waals surface area (Å²) in [5.74, 6) is -0.392. The minimum absolute atomic E-state index is 0.0368. The number of nitrogens with zero attached hydrogens (tertiary/aromatic N) is 7. The zero-order valence-electron chi connectivity index (χ0n) is 18.7. The van der Waals surface area contributed by atoms with Gasteiger partial charge in [0.2, 0.25) is 11.7 Å². The van der Waals surface area contributed by atoms with E-state index in [1.54, 1.807) is 57.9 Å². The number of carbonyl (C=O) groups is 1. The predicted octanol–water partition coefficient (Wildman–Crippen LogP) is 4.25. The quantitative estimate of drug-likeness (QED) is 0.352. The highest BCUT2D eigenvalue weighted by Gasteiger charge is 2.41. The molecule has 3 aromatic rings. The summed E-state index contributed by atoms with van der Waals surface area (Å²) in [6.45, 7) is 2.43. The van der Waals surface area contributed by atoms with Crippen LogP contribution in [-0.4, -0.2) is 47.1 Å². The molecule has 1 amide bonds. The molecule has 10 nitrogen and oxygen atoms in total. The van der Waals surface area contributed by atoms with Crippen molar-refractivity contribution < 1.29 is 13.6 Å². The van der Waals surface area contributed by atoms with Gasteiger partial charge in [-0.3, -0.25) is 9.48 Å². The Bertz CT molecular complexity index is 1470. The molecule has 0 fully saturated rings. The van der Waals surface area contributed by atoms with Crippen molar-refractivity contribution >= 4 is 39.2 Å². The normalized spacial score (nSPS) is 21.8. The van der Waals surface area contributed by atoms with E-state index in [4.69, 9.17) is 8.89 Å². The maximum Gasteiger partial charge on any atom is 0.293 e. The van der Waals surface area contributed by atoms with E-state index in [0.29, 0.717) is 18.5 Å². The number of nitrogens with one attached hydrogen (secondary N) is 1. The number of aromatic nitrogens is 5. The van der Waals surface area contributed by atoms with E-state index in [2.05, 4.69) is 25.5 Å². The van der Waals surface area contributed by atoms with E-state index >= 15 is 0 Å². The van der Waals surface area contributed by atoms with Crippen molar-refractivity contribution in [3.63, 3.8) is 0 Å². The van der Waals surface area contributed by atoms with Gasteiger partial charge in [-0.1, -0.05) is 6.08 Å². The number of imidazole rings is 1. The third-order valence-electron chi connectivity index (χ3n) is 6.01. The number of alkyl halides is 2. The lowest BCUT2D eigenvalue weighted by Gasteiger charge is -2.34. The zero-order chi connectivity index (χ0) is 24.3. The van der Waals surface area contributed by atoms with E-state index in [1.165, 1.54) is 0 Å². The number of H-pyrrole nitrogens is 1. The number of carbonyl (C=O) groups excluding carboxylic acids is 1. The molecule has 0 radical (unpaired) electrons. The number of oxazole rings is 1. The number of fused-ring (bicyclic) bond motifs is 2. The lowest BCUT2D eigenvalue weighted by Crippen LogP contribution is -2.41. The number of allylic oxidation sites excluding steroid dienone is 3. The van der Waals surface area contributed by atoms with Crippen molar-refractivity contribution in [2.24, 2.45) is 11.5 Å². The summed E-state index contributed by atoms with van der Waals surface area (Å²) in [7, 11) is 1.05. The predicted molar refractivity (Wildman–Crippen MR) is 135 cm³/mol. The first-order valence-corrected chi connectivity index (χ1v) is 13.4. The molecule has 0 saturated heterocycles. The topological polar surface area (TPSA) is 108 Å². The lowest BCUT2D eigenvalue weighted by atomic mass is 10.1. The Hall–Kier alpha value is -3.07. The number of aryl methyl sites for hydroxylation is 1. The zero-order valence-corrected chi connectivity index (χ0v) is 21.7. The molecule has 6 rings (SSSR count). The summed E-state index contributed by atoms with van der Waals surface area (Å²) in [5, 5.41) is 7.57. The summed E-state index contributed by atoms with van der Waals surface area (Å²) in [4.78, 5) is 27.6. The van der Waals surface area contributed by atoms with Crippen LogP contribution in [0.2, 0.25) is 0 Å². The molecule has 3 atom stereocenters. The molecule has 0 saturated carbocycles. The van der Waals surface area contributed by atoms with Gasteiger partial charge in [0.15, 0.2) is 4.18 Å². The molecule has 2 unspecified atom stereocenters. The third kappa shape index (κ3) is 3.76. The van der Waals surface area contributed by atoms with Crippen LogP contribution in [0.15, 0.2) is 62.6 Å². The Labute approximate surface area is 215 Å². The van der Waals surface area contributed by atoms with E-state index in [1.807, 2.05) is 30.3 Å². The van der Waals surface area contributed by atoms with Crippen LogP contribution in [-0.2, 0) is 24.2 Å². The van der Waals surface area contributed by atoms with Gasteiger partial charge in [-0.25, -0.2) is 19.4 Å². The highest BCUT2D eigenvalue weighted by molar-refractivity contribution is 14.1. The molecular formula is C22H20FIN8O2S. The maximum absolute atomic E-state index is 14.6. The standard InChI is InChI=1S/C22H20FIN8O2S/c1-12-4-3-6-32-15(12)10-35(29-32)22-16-14(25-11-26-16)5-7-31(22)21(33)18-17(19(23)24)28-20(34-18)13-8-27-30(2)9-13/h3-4,6,8-11,19,22H,5,7H2,1-2H3,(H,25,26)/t19?,22-,35?/m0/s1. The van der Waals surface area contributed by atoms with Gasteiger partial charge in [0.1, 0.15) is 11.1 Å². The van der Waals surface area contributed by atoms with Gasteiger partial charge in [0.25, 0.3) is 5.91 Å². The van der Waals surface area contributed by atoms with E-state index in [0.717, 1.165) is 22.7 Å². The summed E-state index contributed by atoms with van der Waals surface area (Å²) >= 11 is 1.60. The molecule has 6 heterocycles. The van der Waals surface area contributed by atoms with Crippen molar-refractivity contribution in [3.05, 3.63) is 76.6 Å². The van der Waals surface area contributed by atoms with Crippen molar-refractivity contribution in [1.29, 1.82) is 0 Å². The number of aromatic amines is 1. The fourth-order valence-corrected chi connectivity index (χ4v) is 6.74. The maximum atomic E-state index is 14.6. The molecule has 35 heavy (non-hydrogen) atoms. The smallest absolute Gasteiger partial charge is 0.293 e. The van der Waals surface area contributed by atoms with Crippen LogP contribution in [0.4, 0.5) is 4.39 Å². The number of halogens is 2. The van der Waals surface area contributed by atoms with Crippen LogP contribution < -0.4 is 0 Å². The summed E-state index contributed by atoms with van der Waals surface area (Å²) in [6.07, 6.45) is 11.4. The number of amides is 1. The Kier molecular flexibility index (Phi) is 5.47. The number of hydrogen-bond acceptors (Lipinski definition) is 7. The van der Waals surface area contributed by atoms with E-state index < -0.39 is 26.2 Å². The van der Waals surface area contributed by atoms with Crippen LogP contribution >= 0.6 is 22.6 Å². The molecule has 3 aliphatic heterocycles. The van der Waals surface area contributed by atoms with Crippen molar-refractivity contribution in [1.82, 2.24) is 34.6 Å². The van der Waals surface area contributed by atoms with Crippen LogP contribution in [0.25, 0.3) is 11.5 Å². The van der Waals surface area contributed by atoms with Gasteiger partial charge < -0.3 is 14.3 Å². The first-order valence-electron chi connectivity index (χ1n) is 10.8. The second kappa shape index (κ2) is 8.55. The first-order chi connectivity index (χ1) is 16.9. The minimum Gasteiger partial charge on any atom is -0.430 e. The Morgan fingerprint density at radius 1 is 1.43 bits per heavy atom. The number of hydrogen-bond donors (Lipinski definition) is 1. The van der Waals surface area contributed by atoms with Gasteiger partial charge in [-0.05, 0) is 51.9 Å². The van der Waals surface area contributed by atoms with E-state index in [-0.39, 0.29) is 17.3 Å². The van der Waals surface area contributed by atoms with E-state index in [9.17, 15) is 9.18 Å². The van der Waals surface area contributed by atoms with Gasteiger partial charge in [-0.2, -0.15) is 5.10 Å². The second-order valence-electron chi connectivity index (χ2n) is 8.27. The molecule has 3 aliphatic rings. The fourth-order valence-electron chi connectivity index (χ4n) is 4.30. The van der Waals surface area contributed by atoms with Gasteiger partial charge in [0.05, 0.1) is 29.5 Å². The van der Waals surface area contributed by atoms with Gasteiger partial charge in [-0.15, -0.1) is 4.47 Å². The molecule has 0 spiro atoms. The van der Waals surface area contributed by atoms with Crippen LogP contribution in [0.5, 0.6) is 0 Å². The van der Waals surface area contributed by atoms with Crippen LogP contribution in [0.1, 0.15) is 44.1 Å². The SMILES string of the molecule is CC1=CC=CN2N=S([C@H]3c4nc[nH]c4CCN3C(=O)c3oc(-c4cnn(C)c4)nc3C(F)I)C=C12. The molecule has 3 aromatic heterocycles.